The van der Waals surface area contributed by atoms with Crippen LogP contribution in [0, 0.1) is 17.7 Å². The van der Waals surface area contributed by atoms with E-state index in [0.29, 0.717) is 25.7 Å². The lowest BCUT2D eigenvalue weighted by Gasteiger charge is -2.16. The minimum absolute atomic E-state index is 0.0861. The van der Waals surface area contributed by atoms with Gasteiger partial charge in [-0.2, -0.15) is 0 Å². The predicted octanol–water partition coefficient (Wildman–Crippen LogP) is 4.21. The van der Waals surface area contributed by atoms with Crippen LogP contribution in [0.15, 0.2) is 60.7 Å². The third-order valence-electron chi connectivity index (χ3n) is 5.51. The molecule has 0 aliphatic heterocycles. The number of benzene rings is 2. The lowest BCUT2D eigenvalue weighted by atomic mass is 9.88. The number of aliphatic hydroxyl groups is 1. The molecule has 0 bridgehead atoms. The van der Waals surface area contributed by atoms with Crippen molar-refractivity contribution in [2.24, 2.45) is 11.8 Å². The lowest BCUT2D eigenvalue weighted by molar-refractivity contribution is -0.121. The van der Waals surface area contributed by atoms with Crippen LogP contribution in [0.4, 0.5) is 4.39 Å². The maximum atomic E-state index is 13.3. The monoisotopic (exact) mass is 396 g/mol. The zero-order valence-electron chi connectivity index (χ0n) is 16.1. The molecular formula is C24H25FO4. The summed E-state index contributed by atoms with van der Waals surface area (Å²) in [4.78, 5) is 23.2. The van der Waals surface area contributed by atoms with Gasteiger partial charge in [-0.3, -0.25) is 4.79 Å². The van der Waals surface area contributed by atoms with Crippen molar-refractivity contribution in [3.05, 3.63) is 83.2 Å². The Morgan fingerprint density at radius 3 is 2.62 bits per heavy atom. The molecular weight excluding hydrogens is 371 g/mol. The Labute approximate surface area is 169 Å². The van der Waals surface area contributed by atoms with E-state index in [-0.39, 0.29) is 29.0 Å². The van der Waals surface area contributed by atoms with Gasteiger partial charge in [0, 0.05) is 18.8 Å². The summed E-state index contributed by atoms with van der Waals surface area (Å²) in [5.74, 6) is -1.04. The Kier molecular flexibility index (Phi) is 6.94. The largest absolute Gasteiger partial charge is 0.478 e. The molecule has 0 radical (unpaired) electrons. The molecule has 0 amide bonds. The smallest absolute Gasteiger partial charge is 0.335 e. The number of aryl methyl sites for hydroxylation is 1. The number of carboxylic acids is 1. The molecule has 2 aromatic carbocycles. The number of halogens is 1. The highest BCUT2D eigenvalue weighted by Crippen LogP contribution is 2.33. The third kappa shape index (κ3) is 5.84. The third-order valence-corrected chi connectivity index (χ3v) is 5.51. The second-order valence-electron chi connectivity index (χ2n) is 7.60. The minimum Gasteiger partial charge on any atom is -0.478 e. The van der Waals surface area contributed by atoms with E-state index in [1.165, 1.54) is 12.1 Å². The maximum Gasteiger partial charge on any atom is 0.335 e. The molecule has 0 saturated heterocycles. The molecule has 152 valence electrons. The van der Waals surface area contributed by atoms with Crippen LogP contribution in [0.5, 0.6) is 0 Å². The molecule has 2 aromatic rings. The van der Waals surface area contributed by atoms with Crippen molar-refractivity contribution in [1.82, 2.24) is 0 Å². The minimum atomic E-state index is -0.954. The van der Waals surface area contributed by atoms with Crippen LogP contribution >= 0.6 is 0 Å². The summed E-state index contributed by atoms with van der Waals surface area (Å²) in [6.07, 6.45) is 5.94. The van der Waals surface area contributed by atoms with Gasteiger partial charge in [-0.05, 0) is 60.6 Å². The van der Waals surface area contributed by atoms with E-state index in [9.17, 15) is 19.1 Å². The molecule has 1 aliphatic rings. The van der Waals surface area contributed by atoms with Gasteiger partial charge in [0.05, 0.1) is 11.7 Å². The predicted molar refractivity (Wildman–Crippen MR) is 108 cm³/mol. The van der Waals surface area contributed by atoms with E-state index in [4.69, 9.17) is 5.11 Å². The van der Waals surface area contributed by atoms with E-state index in [1.54, 1.807) is 42.5 Å². The molecule has 1 saturated carbocycles. The van der Waals surface area contributed by atoms with Crippen molar-refractivity contribution in [3.63, 3.8) is 0 Å². The first kappa shape index (κ1) is 20.9. The van der Waals surface area contributed by atoms with Crippen molar-refractivity contribution in [2.75, 3.05) is 0 Å². The number of hydrogen-bond acceptors (Lipinski definition) is 3. The van der Waals surface area contributed by atoms with E-state index >= 15 is 0 Å². The van der Waals surface area contributed by atoms with Crippen molar-refractivity contribution < 1.29 is 24.2 Å². The summed E-state index contributed by atoms with van der Waals surface area (Å²) >= 11 is 0. The summed E-state index contributed by atoms with van der Waals surface area (Å²) in [7, 11) is 0. The van der Waals surface area contributed by atoms with Crippen LogP contribution < -0.4 is 0 Å². The van der Waals surface area contributed by atoms with Gasteiger partial charge in [0.1, 0.15) is 11.6 Å². The maximum absolute atomic E-state index is 13.3. The Balaban J connectivity index is 1.56. The SMILES string of the molecule is O=C(O)c1ccc(CCC2C(=O)CCC2C=CC(O)Cc2cccc(F)c2)cc1. The van der Waals surface area contributed by atoms with Gasteiger partial charge in [0.25, 0.3) is 0 Å². The molecule has 4 nitrogen and oxygen atoms in total. The van der Waals surface area contributed by atoms with E-state index < -0.39 is 12.1 Å². The summed E-state index contributed by atoms with van der Waals surface area (Å²) in [5.41, 5.74) is 1.98. The van der Waals surface area contributed by atoms with Gasteiger partial charge < -0.3 is 10.2 Å². The number of aliphatic hydroxyl groups excluding tert-OH is 1. The number of carboxylic acid groups (broad SMARTS) is 1. The number of Topliss-reactive ketones (excluding diaryl/α,β-unsaturated/α-hetero) is 1. The molecule has 0 spiro atoms. The average molecular weight is 396 g/mol. The first-order valence-corrected chi connectivity index (χ1v) is 9.88. The van der Waals surface area contributed by atoms with Gasteiger partial charge in [-0.1, -0.05) is 36.4 Å². The Morgan fingerprint density at radius 2 is 1.93 bits per heavy atom. The summed E-state index contributed by atoms with van der Waals surface area (Å²) < 4.78 is 13.3. The van der Waals surface area contributed by atoms with Gasteiger partial charge in [0.15, 0.2) is 0 Å². The van der Waals surface area contributed by atoms with Crippen LogP contribution in [0.3, 0.4) is 0 Å². The highest BCUT2D eigenvalue weighted by atomic mass is 19.1. The van der Waals surface area contributed by atoms with Crippen LogP contribution in [0.2, 0.25) is 0 Å². The molecule has 0 aromatic heterocycles. The summed E-state index contributed by atoms with van der Waals surface area (Å²) in [6, 6.07) is 12.9. The molecule has 3 unspecified atom stereocenters. The number of allylic oxidation sites excluding steroid dienone is 1. The zero-order chi connectivity index (χ0) is 20.8. The van der Waals surface area contributed by atoms with Crippen LogP contribution in [-0.4, -0.2) is 28.1 Å². The zero-order valence-corrected chi connectivity index (χ0v) is 16.1. The molecule has 1 aliphatic carbocycles. The summed E-state index contributed by atoms with van der Waals surface area (Å²) in [5, 5.41) is 19.2. The Morgan fingerprint density at radius 1 is 1.17 bits per heavy atom. The van der Waals surface area contributed by atoms with Gasteiger partial charge >= 0.3 is 5.97 Å². The van der Waals surface area contributed by atoms with Crippen molar-refractivity contribution in [1.29, 1.82) is 0 Å². The molecule has 1 fully saturated rings. The molecule has 29 heavy (non-hydrogen) atoms. The molecule has 3 rings (SSSR count). The second-order valence-corrected chi connectivity index (χ2v) is 7.60. The van der Waals surface area contributed by atoms with Crippen molar-refractivity contribution in [3.8, 4) is 0 Å². The number of carbonyl (C=O) groups excluding carboxylic acids is 1. The van der Waals surface area contributed by atoms with Crippen molar-refractivity contribution >= 4 is 11.8 Å². The highest BCUT2D eigenvalue weighted by molar-refractivity contribution is 5.87. The Hall–Kier alpha value is -2.79. The first-order chi connectivity index (χ1) is 13.9. The fraction of sp³-hybridized carbons (Fsp3) is 0.333. The van der Waals surface area contributed by atoms with Gasteiger partial charge in [-0.25, -0.2) is 9.18 Å². The quantitative estimate of drug-likeness (QED) is 0.656. The van der Waals surface area contributed by atoms with Crippen LogP contribution in [0.25, 0.3) is 0 Å². The standard InChI is InChI=1S/C24H25FO4/c25-20-3-1-2-17(14-20)15-21(26)11-9-18-10-13-23(27)22(18)12-6-16-4-7-19(8-5-16)24(28)29/h1-5,7-9,11,14,18,21-22,26H,6,10,12-13,15H2,(H,28,29). The number of rotatable bonds is 8. The normalized spacial score (nSPS) is 20.3. The Bertz CT molecular complexity index is 888. The van der Waals surface area contributed by atoms with E-state index in [1.807, 2.05) is 6.08 Å². The lowest BCUT2D eigenvalue weighted by Crippen LogP contribution is -2.15. The first-order valence-electron chi connectivity index (χ1n) is 9.88. The average Bonchev–Trinajstić information content (AvgIpc) is 3.04. The summed E-state index contributed by atoms with van der Waals surface area (Å²) in [6.45, 7) is 0. The van der Waals surface area contributed by atoms with Gasteiger partial charge in [-0.15, -0.1) is 0 Å². The topological polar surface area (TPSA) is 74.6 Å². The van der Waals surface area contributed by atoms with Gasteiger partial charge in [0.2, 0.25) is 0 Å². The number of aromatic carboxylic acids is 1. The number of hydrogen-bond donors (Lipinski definition) is 2. The molecule has 5 heteroatoms. The van der Waals surface area contributed by atoms with Crippen LogP contribution in [0.1, 0.15) is 40.7 Å². The van der Waals surface area contributed by atoms with Crippen LogP contribution in [-0.2, 0) is 17.6 Å². The fourth-order valence-electron chi connectivity index (χ4n) is 3.92. The highest BCUT2D eigenvalue weighted by Gasteiger charge is 2.32. The number of ketones is 1. The molecule has 2 N–H and O–H groups in total. The van der Waals surface area contributed by atoms with E-state index in [2.05, 4.69) is 0 Å². The fourth-order valence-corrected chi connectivity index (χ4v) is 3.92. The number of carbonyl (C=O) groups is 2. The van der Waals surface area contributed by atoms with Crippen molar-refractivity contribution in [2.45, 2.75) is 38.2 Å². The van der Waals surface area contributed by atoms with E-state index in [0.717, 1.165) is 17.5 Å². The molecule has 0 heterocycles. The second kappa shape index (κ2) is 9.61. The molecule has 3 atom stereocenters.